The highest BCUT2D eigenvalue weighted by molar-refractivity contribution is 7.13. The van der Waals surface area contributed by atoms with E-state index >= 15 is 0 Å². The average molecular weight is 364 g/mol. The van der Waals surface area contributed by atoms with Crippen molar-refractivity contribution in [3.63, 3.8) is 0 Å². The molecular weight excluding hydrogens is 350 g/mol. The molecule has 1 aliphatic heterocycles. The number of hydrogen-bond acceptors (Lipinski definition) is 5. The lowest BCUT2D eigenvalue weighted by atomic mass is 10.2. The maximum atomic E-state index is 12.9. The van der Waals surface area contributed by atoms with E-state index in [1.807, 2.05) is 23.6 Å². The Kier molecular flexibility index (Phi) is 4.18. The monoisotopic (exact) mass is 364 g/mol. The van der Waals surface area contributed by atoms with Gasteiger partial charge in [-0.25, -0.2) is 18.3 Å². The van der Waals surface area contributed by atoms with Crippen LogP contribution in [0.15, 0.2) is 36.0 Å². The third kappa shape index (κ3) is 2.89. The van der Waals surface area contributed by atoms with Gasteiger partial charge in [-0.05, 0) is 17.5 Å². The molecule has 1 atom stereocenters. The molecule has 1 unspecified atom stereocenters. The van der Waals surface area contributed by atoms with Gasteiger partial charge in [-0.15, -0.1) is 11.3 Å². The van der Waals surface area contributed by atoms with Crippen molar-refractivity contribution in [1.82, 2.24) is 19.5 Å². The van der Waals surface area contributed by atoms with Gasteiger partial charge in [0.1, 0.15) is 11.7 Å². The van der Waals surface area contributed by atoms with Crippen LogP contribution < -0.4 is 0 Å². The molecule has 4 rings (SSSR count). The number of amides is 1. The lowest BCUT2D eigenvalue weighted by molar-refractivity contribution is -0.0942. The van der Waals surface area contributed by atoms with E-state index < -0.39 is 12.5 Å². The summed E-state index contributed by atoms with van der Waals surface area (Å²) >= 11 is 1.56. The quantitative estimate of drug-likeness (QED) is 0.717. The molecule has 0 aliphatic carbocycles. The molecular formula is C16H14F2N4O2S. The van der Waals surface area contributed by atoms with E-state index in [0.29, 0.717) is 11.2 Å². The first kappa shape index (κ1) is 16.1. The fourth-order valence-electron chi connectivity index (χ4n) is 2.84. The molecule has 1 fully saturated rings. The van der Waals surface area contributed by atoms with E-state index in [0.717, 1.165) is 10.6 Å². The standard InChI is InChI=1S/C16H14F2N4O2S/c17-14(18)12-9-21(5-6-24-12)16(23)10-8-20-22-11(3-4-19-15(10)22)13-2-1-7-25-13/h1-4,7-8,12,14H,5-6,9H2. The van der Waals surface area contributed by atoms with Gasteiger partial charge in [0.15, 0.2) is 5.65 Å². The summed E-state index contributed by atoms with van der Waals surface area (Å²) in [6.45, 7) is 0.219. The predicted molar refractivity (Wildman–Crippen MR) is 87.9 cm³/mol. The zero-order chi connectivity index (χ0) is 17.4. The maximum absolute atomic E-state index is 12.9. The number of nitrogens with zero attached hydrogens (tertiary/aromatic N) is 4. The molecule has 0 spiro atoms. The van der Waals surface area contributed by atoms with Crippen molar-refractivity contribution < 1.29 is 18.3 Å². The molecule has 0 bridgehead atoms. The number of fused-ring (bicyclic) bond motifs is 1. The van der Waals surface area contributed by atoms with Gasteiger partial charge in [0.05, 0.1) is 29.9 Å². The SMILES string of the molecule is O=C(c1cnn2c(-c3cccs3)ccnc12)N1CCOC(C(F)F)C1. The summed E-state index contributed by atoms with van der Waals surface area (Å²) < 4.78 is 32.4. The lowest BCUT2D eigenvalue weighted by Crippen LogP contribution is -2.48. The first-order chi connectivity index (χ1) is 12.1. The summed E-state index contributed by atoms with van der Waals surface area (Å²) in [6.07, 6.45) is -0.823. The Morgan fingerprint density at radius 1 is 1.40 bits per heavy atom. The minimum Gasteiger partial charge on any atom is -0.369 e. The van der Waals surface area contributed by atoms with Crippen LogP contribution >= 0.6 is 11.3 Å². The maximum Gasteiger partial charge on any atom is 0.266 e. The number of ether oxygens (including phenoxy) is 1. The number of rotatable bonds is 3. The number of aromatic nitrogens is 3. The Labute approximate surface area is 145 Å². The highest BCUT2D eigenvalue weighted by atomic mass is 32.1. The lowest BCUT2D eigenvalue weighted by Gasteiger charge is -2.32. The zero-order valence-electron chi connectivity index (χ0n) is 13.0. The molecule has 0 aromatic carbocycles. The molecule has 1 aliphatic rings. The summed E-state index contributed by atoms with van der Waals surface area (Å²) in [6, 6.07) is 5.71. The average Bonchev–Trinajstić information content (AvgIpc) is 3.30. The van der Waals surface area contributed by atoms with E-state index in [2.05, 4.69) is 10.1 Å². The highest BCUT2D eigenvalue weighted by Crippen LogP contribution is 2.26. The van der Waals surface area contributed by atoms with Crippen molar-refractivity contribution in [3.05, 3.63) is 41.5 Å². The molecule has 0 saturated carbocycles. The molecule has 130 valence electrons. The summed E-state index contributed by atoms with van der Waals surface area (Å²) in [7, 11) is 0. The number of carbonyl (C=O) groups excluding carboxylic acids is 1. The van der Waals surface area contributed by atoms with Gasteiger partial charge in [-0.3, -0.25) is 4.79 Å². The van der Waals surface area contributed by atoms with Crippen LogP contribution in [0.5, 0.6) is 0 Å². The second-order valence-corrected chi connectivity index (χ2v) is 6.54. The molecule has 4 heterocycles. The van der Waals surface area contributed by atoms with E-state index in [1.54, 1.807) is 22.0 Å². The molecule has 3 aromatic rings. The predicted octanol–water partition coefficient (Wildman–Crippen LogP) is 2.56. The second kappa shape index (κ2) is 6.49. The smallest absolute Gasteiger partial charge is 0.266 e. The number of hydrogen-bond donors (Lipinski definition) is 0. The molecule has 3 aromatic heterocycles. The summed E-state index contributed by atoms with van der Waals surface area (Å²) in [5.41, 5.74) is 1.54. The fraction of sp³-hybridized carbons (Fsp3) is 0.312. The van der Waals surface area contributed by atoms with E-state index in [4.69, 9.17) is 4.74 Å². The van der Waals surface area contributed by atoms with Crippen LogP contribution in [0.1, 0.15) is 10.4 Å². The van der Waals surface area contributed by atoms with E-state index in [1.165, 1.54) is 11.1 Å². The third-order valence-corrected chi connectivity index (χ3v) is 4.96. The summed E-state index contributed by atoms with van der Waals surface area (Å²) in [4.78, 5) is 19.4. The van der Waals surface area contributed by atoms with Gasteiger partial charge in [-0.2, -0.15) is 5.10 Å². The number of alkyl halides is 2. The first-order valence-corrected chi connectivity index (χ1v) is 8.59. The minimum atomic E-state index is -2.62. The third-order valence-electron chi connectivity index (χ3n) is 4.07. The van der Waals surface area contributed by atoms with E-state index in [9.17, 15) is 13.6 Å². The van der Waals surface area contributed by atoms with Crippen LogP contribution in [0.25, 0.3) is 16.2 Å². The molecule has 9 heteroatoms. The van der Waals surface area contributed by atoms with Crippen LogP contribution in [0.2, 0.25) is 0 Å². The van der Waals surface area contributed by atoms with Gasteiger partial charge in [0.2, 0.25) is 0 Å². The van der Waals surface area contributed by atoms with Crippen LogP contribution in [0, 0.1) is 0 Å². The summed E-state index contributed by atoms with van der Waals surface area (Å²) in [5, 5.41) is 6.23. The van der Waals surface area contributed by atoms with Gasteiger partial charge in [0.25, 0.3) is 12.3 Å². The Morgan fingerprint density at radius 2 is 2.28 bits per heavy atom. The number of carbonyl (C=O) groups is 1. The molecule has 6 nitrogen and oxygen atoms in total. The van der Waals surface area contributed by atoms with Crippen molar-refractivity contribution in [2.24, 2.45) is 0 Å². The molecule has 0 radical (unpaired) electrons. The fourth-order valence-corrected chi connectivity index (χ4v) is 3.57. The van der Waals surface area contributed by atoms with Crippen molar-refractivity contribution in [1.29, 1.82) is 0 Å². The summed E-state index contributed by atoms with van der Waals surface area (Å²) in [5.74, 6) is -0.361. The topological polar surface area (TPSA) is 59.7 Å². The second-order valence-electron chi connectivity index (χ2n) is 5.60. The van der Waals surface area contributed by atoms with Gasteiger partial charge in [-0.1, -0.05) is 6.07 Å². The first-order valence-electron chi connectivity index (χ1n) is 7.71. The normalized spacial score (nSPS) is 18.2. The van der Waals surface area contributed by atoms with Gasteiger partial charge >= 0.3 is 0 Å². The number of morpholine rings is 1. The number of halogens is 2. The van der Waals surface area contributed by atoms with Gasteiger partial charge < -0.3 is 9.64 Å². The van der Waals surface area contributed by atoms with Crippen LogP contribution in [-0.2, 0) is 4.74 Å². The Balaban J connectivity index is 1.68. The largest absolute Gasteiger partial charge is 0.369 e. The highest BCUT2D eigenvalue weighted by Gasteiger charge is 2.32. The Hall–Kier alpha value is -2.39. The molecule has 1 saturated heterocycles. The molecule has 25 heavy (non-hydrogen) atoms. The van der Waals surface area contributed by atoms with Crippen molar-refractivity contribution in [2.75, 3.05) is 19.7 Å². The Bertz CT molecular complexity index is 897. The molecule has 0 N–H and O–H groups in total. The van der Waals surface area contributed by atoms with Crippen molar-refractivity contribution >= 4 is 22.9 Å². The van der Waals surface area contributed by atoms with Crippen molar-refractivity contribution in [3.8, 4) is 10.6 Å². The van der Waals surface area contributed by atoms with Crippen LogP contribution in [-0.4, -0.2) is 57.6 Å². The van der Waals surface area contributed by atoms with Crippen LogP contribution in [0.4, 0.5) is 8.78 Å². The Morgan fingerprint density at radius 3 is 3.04 bits per heavy atom. The van der Waals surface area contributed by atoms with Crippen LogP contribution in [0.3, 0.4) is 0 Å². The van der Waals surface area contributed by atoms with E-state index in [-0.39, 0.29) is 25.6 Å². The van der Waals surface area contributed by atoms with Gasteiger partial charge in [0, 0.05) is 12.7 Å². The zero-order valence-corrected chi connectivity index (χ0v) is 13.8. The number of thiophene rings is 1. The molecule has 1 amide bonds. The minimum absolute atomic E-state index is 0.0911. The van der Waals surface area contributed by atoms with Crippen molar-refractivity contribution in [2.45, 2.75) is 12.5 Å².